The van der Waals surface area contributed by atoms with Crippen LogP contribution in [0.2, 0.25) is 0 Å². The van der Waals surface area contributed by atoms with Gasteiger partial charge in [-0.3, -0.25) is 9.48 Å². The third-order valence-electron chi connectivity index (χ3n) is 6.78. The van der Waals surface area contributed by atoms with Gasteiger partial charge in [-0.1, -0.05) is 0 Å². The van der Waals surface area contributed by atoms with Crippen molar-refractivity contribution in [2.45, 2.75) is 33.3 Å². The van der Waals surface area contributed by atoms with Crippen molar-refractivity contribution in [1.82, 2.24) is 30.0 Å². The summed E-state index contributed by atoms with van der Waals surface area (Å²) in [7, 11) is 3.38. The van der Waals surface area contributed by atoms with Crippen LogP contribution in [0.3, 0.4) is 0 Å². The molecule has 204 valence electrons. The summed E-state index contributed by atoms with van der Waals surface area (Å²) in [6.45, 7) is 9.66. The summed E-state index contributed by atoms with van der Waals surface area (Å²) >= 11 is 0. The highest BCUT2D eigenvalue weighted by molar-refractivity contribution is 6.06. The minimum Gasteiger partial charge on any atom is -0.507 e. The van der Waals surface area contributed by atoms with Gasteiger partial charge in [0, 0.05) is 68.5 Å². The minimum atomic E-state index is -0.541. The van der Waals surface area contributed by atoms with Crippen LogP contribution in [0.25, 0.3) is 33.2 Å². The maximum absolute atomic E-state index is 12.9. The third kappa shape index (κ3) is 5.04. The number of anilines is 1. The first-order valence-electron chi connectivity index (χ1n) is 12.9. The van der Waals surface area contributed by atoms with Crippen LogP contribution in [0.15, 0.2) is 30.5 Å². The molecular weight excluding hydrogens is 498 g/mol. The van der Waals surface area contributed by atoms with Gasteiger partial charge in [-0.15, -0.1) is 0 Å². The van der Waals surface area contributed by atoms with Crippen molar-refractivity contribution in [3.8, 4) is 17.1 Å². The molecule has 0 bridgehead atoms. The molecule has 11 heteroatoms. The summed E-state index contributed by atoms with van der Waals surface area (Å²) in [5.41, 5.74) is 2.91. The van der Waals surface area contributed by atoms with Gasteiger partial charge in [0.1, 0.15) is 17.0 Å². The van der Waals surface area contributed by atoms with Crippen molar-refractivity contribution in [1.29, 1.82) is 0 Å². The Labute approximate surface area is 226 Å². The summed E-state index contributed by atoms with van der Waals surface area (Å²) < 4.78 is 7.19. The third-order valence-corrected chi connectivity index (χ3v) is 6.78. The molecule has 0 spiro atoms. The maximum atomic E-state index is 12.9. The molecule has 0 aliphatic carbocycles. The number of hydrogen-bond donors (Lipinski definition) is 2. The molecule has 2 N–H and O–H groups in total. The van der Waals surface area contributed by atoms with Gasteiger partial charge in [0.25, 0.3) is 5.91 Å². The second-order valence-corrected chi connectivity index (χ2v) is 10.8. The Kier molecular flexibility index (Phi) is 6.53. The largest absolute Gasteiger partial charge is 0.507 e. The number of rotatable bonds is 3. The van der Waals surface area contributed by atoms with Crippen LogP contribution < -0.4 is 10.2 Å². The first-order valence-corrected chi connectivity index (χ1v) is 12.9. The smallest absolute Gasteiger partial charge is 0.410 e. The molecule has 0 atom stereocenters. The first kappa shape index (κ1) is 26.2. The summed E-state index contributed by atoms with van der Waals surface area (Å²) in [6.07, 6.45) is 1.55. The van der Waals surface area contributed by atoms with Crippen molar-refractivity contribution in [2.75, 3.05) is 38.1 Å². The second-order valence-electron chi connectivity index (χ2n) is 10.8. The molecule has 1 aliphatic rings. The fourth-order valence-electron chi connectivity index (χ4n) is 4.81. The van der Waals surface area contributed by atoms with E-state index in [1.54, 1.807) is 29.6 Å². The van der Waals surface area contributed by atoms with Crippen LogP contribution in [0.1, 0.15) is 36.8 Å². The molecule has 2 amide bonds. The van der Waals surface area contributed by atoms with Gasteiger partial charge in [0.05, 0.1) is 16.6 Å². The number of hydrogen-bond acceptors (Lipinski definition) is 8. The Morgan fingerprint density at radius 3 is 2.46 bits per heavy atom. The first-order chi connectivity index (χ1) is 18.4. The molecule has 0 saturated carbocycles. The fourth-order valence-corrected chi connectivity index (χ4v) is 4.81. The average molecular weight is 532 g/mol. The van der Waals surface area contributed by atoms with Crippen molar-refractivity contribution < 1.29 is 19.4 Å². The van der Waals surface area contributed by atoms with Crippen LogP contribution in [-0.2, 0) is 11.8 Å². The molecule has 0 unspecified atom stereocenters. The van der Waals surface area contributed by atoms with Gasteiger partial charge >= 0.3 is 6.09 Å². The number of phenolic OH excluding ortho intramolecular Hbond substituents is 1. The van der Waals surface area contributed by atoms with Gasteiger partial charge in [-0.05, 0) is 52.0 Å². The number of amides is 2. The summed E-state index contributed by atoms with van der Waals surface area (Å²) in [4.78, 5) is 38.6. The molecule has 1 fully saturated rings. The monoisotopic (exact) mass is 531 g/mol. The Morgan fingerprint density at radius 2 is 1.79 bits per heavy atom. The van der Waals surface area contributed by atoms with Gasteiger partial charge in [0.2, 0.25) is 0 Å². The lowest BCUT2D eigenvalue weighted by molar-refractivity contribution is 0.0240. The van der Waals surface area contributed by atoms with E-state index < -0.39 is 5.60 Å². The Morgan fingerprint density at radius 1 is 1.08 bits per heavy atom. The Hall–Kier alpha value is -4.41. The molecule has 3 heterocycles. The van der Waals surface area contributed by atoms with E-state index in [2.05, 4.69) is 20.3 Å². The van der Waals surface area contributed by atoms with Crippen LogP contribution in [0.4, 0.5) is 10.5 Å². The molecule has 4 aromatic rings. The van der Waals surface area contributed by atoms with E-state index >= 15 is 0 Å². The topological polar surface area (TPSA) is 126 Å². The van der Waals surface area contributed by atoms with Gasteiger partial charge < -0.3 is 25.0 Å². The maximum Gasteiger partial charge on any atom is 0.410 e. The van der Waals surface area contributed by atoms with E-state index in [1.165, 1.54) is 0 Å². The molecule has 0 radical (unpaired) electrons. The lowest BCUT2D eigenvalue weighted by atomic mass is 10.0. The van der Waals surface area contributed by atoms with E-state index in [-0.39, 0.29) is 29.3 Å². The number of nitrogens with zero attached hydrogens (tertiary/aromatic N) is 6. The number of carbonyl (C=O) groups is 2. The molecule has 5 rings (SSSR count). The number of aromatic hydroxyl groups is 1. The highest BCUT2D eigenvalue weighted by Gasteiger charge is 2.27. The highest BCUT2D eigenvalue weighted by atomic mass is 16.6. The zero-order chi connectivity index (χ0) is 28.1. The molecule has 1 saturated heterocycles. The number of ether oxygens (including phenoxy) is 1. The zero-order valence-electron chi connectivity index (χ0n) is 23.1. The lowest BCUT2D eigenvalue weighted by Crippen LogP contribution is -2.50. The van der Waals surface area contributed by atoms with Crippen molar-refractivity contribution >= 4 is 39.5 Å². The molecule has 2 aromatic heterocycles. The van der Waals surface area contributed by atoms with E-state index in [4.69, 9.17) is 9.72 Å². The molecule has 1 aliphatic heterocycles. The van der Waals surface area contributed by atoms with E-state index in [0.29, 0.717) is 53.7 Å². The van der Waals surface area contributed by atoms with Crippen LogP contribution in [0, 0.1) is 6.92 Å². The molecule has 11 nitrogen and oxygen atoms in total. The van der Waals surface area contributed by atoms with Crippen molar-refractivity contribution in [3.05, 3.63) is 41.7 Å². The van der Waals surface area contributed by atoms with Gasteiger partial charge in [0.15, 0.2) is 5.82 Å². The van der Waals surface area contributed by atoms with Crippen LogP contribution in [0.5, 0.6) is 5.75 Å². The second kappa shape index (κ2) is 9.72. The highest BCUT2D eigenvalue weighted by Crippen LogP contribution is 2.36. The lowest BCUT2D eigenvalue weighted by Gasteiger charge is -2.36. The normalized spacial score (nSPS) is 14.2. The number of benzene rings is 2. The number of piperazine rings is 1. The number of aryl methyl sites for hydroxylation is 2. The summed E-state index contributed by atoms with van der Waals surface area (Å²) in [6, 6.07) is 7.50. The molecular formula is C28H33N7O4. The minimum absolute atomic E-state index is 0.0304. The van der Waals surface area contributed by atoms with E-state index in [9.17, 15) is 14.7 Å². The van der Waals surface area contributed by atoms with Crippen molar-refractivity contribution in [3.63, 3.8) is 0 Å². The number of fused-ring (bicyclic) bond motifs is 2. The van der Waals surface area contributed by atoms with E-state index in [0.717, 1.165) is 11.1 Å². The van der Waals surface area contributed by atoms with E-state index in [1.807, 2.05) is 52.2 Å². The summed E-state index contributed by atoms with van der Waals surface area (Å²) in [5.74, 6) is -0.0664. The fraction of sp³-hybridized carbons (Fsp3) is 0.393. The average Bonchev–Trinajstić information content (AvgIpc) is 3.29. The van der Waals surface area contributed by atoms with Gasteiger partial charge in [-0.25, -0.2) is 14.8 Å². The van der Waals surface area contributed by atoms with Crippen molar-refractivity contribution in [2.24, 2.45) is 7.05 Å². The number of aromatic nitrogens is 4. The Bertz CT molecular complexity index is 1600. The standard InChI is InChI=1S/C28H33N7O4/c1-16-22-17(15-33(6)32-22)13-20(24(16)36)25-30-21-8-7-18(14-19(21)23(31-25)26(37)29-5)34-9-11-35(12-10-34)27(38)39-28(2,3)4/h7-8,13-15,36H,9-12H2,1-6H3,(H,29,37). The predicted molar refractivity (Wildman–Crippen MR) is 149 cm³/mol. The number of phenols is 1. The Balaban J connectivity index is 1.49. The quantitative estimate of drug-likeness (QED) is 0.411. The number of nitrogens with one attached hydrogen (secondary N) is 1. The van der Waals surface area contributed by atoms with Crippen LogP contribution in [-0.4, -0.2) is 80.6 Å². The predicted octanol–water partition coefficient (Wildman–Crippen LogP) is 3.61. The SMILES string of the molecule is CNC(=O)c1nc(-c2cc3cn(C)nc3c(C)c2O)nc2ccc(N3CCN(C(=O)OC(C)(C)C)CC3)cc12. The van der Waals surface area contributed by atoms with Gasteiger partial charge in [-0.2, -0.15) is 5.10 Å². The number of carbonyl (C=O) groups excluding carboxylic acids is 2. The summed E-state index contributed by atoms with van der Waals surface area (Å²) in [5, 5.41) is 19.5. The molecule has 2 aromatic carbocycles. The van der Waals surface area contributed by atoms with Crippen LogP contribution >= 0.6 is 0 Å². The zero-order valence-corrected chi connectivity index (χ0v) is 23.1. The molecule has 39 heavy (non-hydrogen) atoms.